The van der Waals surface area contributed by atoms with E-state index < -0.39 is 11.2 Å². The van der Waals surface area contributed by atoms with Crippen molar-refractivity contribution >= 4 is 11.5 Å². The number of aromatic nitrogens is 2. The molecule has 0 saturated heterocycles. The number of nitrogens with one attached hydrogen (secondary N) is 2. The van der Waals surface area contributed by atoms with Crippen LogP contribution in [-0.4, -0.2) is 29.3 Å². The van der Waals surface area contributed by atoms with Crippen LogP contribution in [0, 0.1) is 5.92 Å². The summed E-state index contributed by atoms with van der Waals surface area (Å²) >= 11 is 0. The predicted octanol–water partition coefficient (Wildman–Crippen LogP) is 1.00. The lowest BCUT2D eigenvalue weighted by Crippen LogP contribution is -2.37. The molecule has 1 aromatic heterocycles. The van der Waals surface area contributed by atoms with Crippen LogP contribution in [-0.2, 0) is 11.3 Å². The Morgan fingerprint density at radius 2 is 1.95 bits per heavy atom. The first-order valence-corrected chi connectivity index (χ1v) is 7.34. The van der Waals surface area contributed by atoms with Crippen LogP contribution in [0.2, 0.25) is 0 Å². The van der Waals surface area contributed by atoms with E-state index in [2.05, 4.69) is 24.1 Å². The Morgan fingerprint density at radius 3 is 2.48 bits per heavy atom. The molecule has 7 nitrogen and oxygen atoms in total. The number of nitrogens with two attached hydrogens (primary N) is 1. The molecule has 7 heteroatoms. The van der Waals surface area contributed by atoms with Gasteiger partial charge in [0.05, 0.1) is 13.2 Å². The monoisotopic (exact) mass is 298 g/mol. The minimum absolute atomic E-state index is 0.0942. The van der Waals surface area contributed by atoms with E-state index in [1.807, 2.05) is 6.92 Å². The molecule has 1 aromatic rings. The Kier molecular flexibility index (Phi) is 6.48. The van der Waals surface area contributed by atoms with Crippen molar-refractivity contribution in [1.29, 1.82) is 0 Å². The predicted molar refractivity (Wildman–Crippen MR) is 84.8 cm³/mol. The molecule has 1 heterocycles. The summed E-state index contributed by atoms with van der Waals surface area (Å²) in [6.45, 7) is 6.88. The zero-order valence-corrected chi connectivity index (χ0v) is 13.2. The van der Waals surface area contributed by atoms with Gasteiger partial charge in [-0.25, -0.2) is 4.79 Å². The second kappa shape index (κ2) is 7.87. The standard InChI is InChI=1S/C14H26N4O3/c1-5-10(6-2)9(3)16-11-12(15)18(7-8-21-4)14(20)17-13(11)19/h9-10,16H,5-8,15H2,1-4H3,(H,17,19,20). The van der Waals surface area contributed by atoms with E-state index in [4.69, 9.17) is 10.5 Å². The van der Waals surface area contributed by atoms with E-state index >= 15 is 0 Å². The van der Waals surface area contributed by atoms with E-state index in [9.17, 15) is 9.59 Å². The van der Waals surface area contributed by atoms with Crippen molar-refractivity contribution in [1.82, 2.24) is 9.55 Å². The Hall–Kier alpha value is -1.76. The molecular weight excluding hydrogens is 272 g/mol. The first kappa shape index (κ1) is 17.3. The molecule has 120 valence electrons. The van der Waals surface area contributed by atoms with Crippen LogP contribution < -0.4 is 22.3 Å². The summed E-state index contributed by atoms with van der Waals surface area (Å²) < 4.78 is 6.26. The fourth-order valence-corrected chi connectivity index (χ4v) is 2.47. The third kappa shape index (κ3) is 4.10. The molecule has 1 rings (SSSR count). The first-order chi connectivity index (χ1) is 9.96. The number of ether oxygens (including phenoxy) is 1. The topological polar surface area (TPSA) is 102 Å². The van der Waals surface area contributed by atoms with Crippen LogP contribution >= 0.6 is 0 Å². The molecule has 0 spiro atoms. The van der Waals surface area contributed by atoms with Crippen LogP contribution in [0.15, 0.2) is 9.59 Å². The van der Waals surface area contributed by atoms with Crippen LogP contribution in [0.3, 0.4) is 0 Å². The third-order valence-electron chi connectivity index (χ3n) is 3.89. The van der Waals surface area contributed by atoms with Gasteiger partial charge in [-0.15, -0.1) is 0 Å². The van der Waals surface area contributed by atoms with Gasteiger partial charge < -0.3 is 15.8 Å². The normalized spacial score (nSPS) is 12.6. The van der Waals surface area contributed by atoms with E-state index in [1.54, 1.807) is 7.11 Å². The molecule has 0 fully saturated rings. The maximum absolute atomic E-state index is 12.0. The molecular formula is C14H26N4O3. The summed E-state index contributed by atoms with van der Waals surface area (Å²) in [7, 11) is 1.54. The van der Waals surface area contributed by atoms with Gasteiger partial charge in [0.2, 0.25) is 0 Å². The van der Waals surface area contributed by atoms with Crippen LogP contribution in [0.4, 0.5) is 11.5 Å². The first-order valence-electron chi connectivity index (χ1n) is 7.34. The molecule has 0 bridgehead atoms. The number of methoxy groups -OCH3 is 1. The Morgan fingerprint density at radius 1 is 1.33 bits per heavy atom. The number of aromatic amines is 1. The number of hydrogen-bond donors (Lipinski definition) is 3. The van der Waals surface area contributed by atoms with Crippen LogP contribution in [0.25, 0.3) is 0 Å². The SMILES string of the molecule is CCC(CC)C(C)Nc1c(N)n(CCOC)c(=O)[nH]c1=O. The largest absolute Gasteiger partial charge is 0.383 e. The zero-order chi connectivity index (χ0) is 16.0. The maximum Gasteiger partial charge on any atom is 0.330 e. The summed E-state index contributed by atoms with van der Waals surface area (Å²) in [6, 6.07) is 0.0942. The van der Waals surface area contributed by atoms with Gasteiger partial charge in [-0.2, -0.15) is 0 Å². The Labute approximate surface area is 124 Å². The highest BCUT2D eigenvalue weighted by atomic mass is 16.5. The van der Waals surface area contributed by atoms with Crippen molar-refractivity contribution in [2.45, 2.75) is 46.2 Å². The molecule has 0 saturated carbocycles. The fraction of sp³-hybridized carbons (Fsp3) is 0.714. The summed E-state index contributed by atoms with van der Waals surface area (Å²) in [5, 5.41) is 3.16. The molecule has 21 heavy (non-hydrogen) atoms. The highest BCUT2D eigenvalue weighted by Gasteiger charge is 2.18. The van der Waals surface area contributed by atoms with Crippen molar-refractivity contribution in [2.75, 3.05) is 24.8 Å². The lowest BCUT2D eigenvalue weighted by Gasteiger charge is -2.24. The highest BCUT2D eigenvalue weighted by molar-refractivity contribution is 5.60. The van der Waals surface area contributed by atoms with Gasteiger partial charge in [0.1, 0.15) is 11.5 Å². The average Bonchev–Trinajstić information content (AvgIpc) is 2.44. The number of nitrogen functional groups attached to an aromatic ring is 1. The Balaban J connectivity index is 3.12. The van der Waals surface area contributed by atoms with Crippen molar-refractivity contribution in [3.8, 4) is 0 Å². The van der Waals surface area contributed by atoms with Crippen LogP contribution in [0.1, 0.15) is 33.6 Å². The molecule has 0 aromatic carbocycles. The minimum atomic E-state index is -0.518. The summed E-state index contributed by atoms with van der Waals surface area (Å²) in [6.07, 6.45) is 2.01. The number of rotatable bonds is 8. The quantitative estimate of drug-likeness (QED) is 0.664. The van der Waals surface area contributed by atoms with Gasteiger partial charge in [-0.1, -0.05) is 26.7 Å². The van der Waals surface area contributed by atoms with E-state index in [0.29, 0.717) is 19.1 Å². The van der Waals surface area contributed by atoms with Crippen molar-refractivity contribution in [2.24, 2.45) is 5.92 Å². The zero-order valence-electron chi connectivity index (χ0n) is 13.2. The van der Waals surface area contributed by atoms with Crippen LogP contribution in [0.5, 0.6) is 0 Å². The van der Waals surface area contributed by atoms with Crippen molar-refractivity contribution < 1.29 is 4.74 Å². The number of hydrogen-bond acceptors (Lipinski definition) is 5. The van der Waals surface area contributed by atoms with Gasteiger partial charge in [0.15, 0.2) is 0 Å². The maximum atomic E-state index is 12.0. The molecule has 0 aliphatic heterocycles. The van der Waals surface area contributed by atoms with Crippen molar-refractivity contribution in [3.63, 3.8) is 0 Å². The molecule has 4 N–H and O–H groups in total. The summed E-state index contributed by atoms with van der Waals surface area (Å²) in [5.41, 5.74) is 5.24. The van der Waals surface area contributed by atoms with E-state index in [0.717, 1.165) is 12.8 Å². The Bertz CT molecular complexity index is 560. The lowest BCUT2D eigenvalue weighted by atomic mass is 9.95. The second-order valence-electron chi connectivity index (χ2n) is 5.17. The second-order valence-corrected chi connectivity index (χ2v) is 5.17. The molecule has 0 aliphatic rings. The van der Waals surface area contributed by atoms with Gasteiger partial charge in [-0.3, -0.25) is 14.3 Å². The molecule has 1 atom stereocenters. The fourth-order valence-electron chi connectivity index (χ4n) is 2.47. The summed E-state index contributed by atoms with van der Waals surface area (Å²) in [4.78, 5) is 26.1. The minimum Gasteiger partial charge on any atom is -0.383 e. The van der Waals surface area contributed by atoms with Gasteiger partial charge in [0, 0.05) is 13.2 Å². The highest BCUT2D eigenvalue weighted by Crippen LogP contribution is 2.18. The van der Waals surface area contributed by atoms with Gasteiger partial charge in [-0.05, 0) is 12.8 Å². The van der Waals surface area contributed by atoms with E-state index in [-0.39, 0.29) is 17.5 Å². The van der Waals surface area contributed by atoms with Crippen molar-refractivity contribution in [3.05, 3.63) is 20.8 Å². The number of H-pyrrole nitrogens is 1. The summed E-state index contributed by atoms with van der Waals surface area (Å²) in [5.74, 6) is 0.585. The molecule has 0 aliphatic carbocycles. The molecule has 1 unspecified atom stereocenters. The molecule has 0 amide bonds. The molecule has 0 radical (unpaired) electrons. The van der Waals surface area contributed by atoms with Gasteiger partial charge >= 0.3 is 5.69 Å². The smallest absolute Gasteiger partial charge is 0.330 e. The average molecular weight is 298 g/mol. The lowest BCUT2D eigenvalue weighted by molar-refractivity contribution is 0.186. The van der Waals surface area contributed by atoms with E-state index in [1.165, 1.54) is 4.57 Å². The third-order valence-corrected chi connectivity index (χ3v) is 3.89. The number of nitrogens with zero attached hydrogens (tertiary/aromatic N) is 1. The van der Waals surface area contributed by atoms with Gasteiger partial charge in [0.25, 0.3) is 5.56 Å². The number of anilines is 2.